The van der Waals surface area contributed by atoms with Crippen LogP contribution in [-0.2, 0) is 4.79 Å². The van der Waals surface area contributed by atoms with Crippen LogP contribution >= 0.6 is 0 Å². The van der Waals surface area contributed by atoms with E-state index in [0.717, 1.165) is 18.7 Å². The Balaban J connectivity index is 1.78. The minimum Gasteiger partial charge on any atom is -0.339 e. The van der Waals surface area contributed by atoms with Crippen LogP contribution in [-0.4, -0.2) is 70.8 Å². The van der Waals surface area contributed by atoms with Gasteiger partial charge in [0.15, 0.2) is 0 Å². The molecule has 1 aromatic rings. The summed E-state index contributed by atoms with van der Waals surface area (Å²) in [5.74, 6) is 0.277. The van der Waals surface area contributed by atoms with E-state index in [0.29, 0.717) is 19.6 Å². The largest absolute Gasteiger partial charge is 0.339 e. The summed E-state index contributed by atoms with van der Waals surface area (Å²) in [5.41, 5.74) is 0.269. The summed E-state index contributed by atoms with van der Waals surface area (Å²) in [6, 6.07) is 9.66. The first kappa shape index (κ1) is 18.9. The molecule has 5 nitrogen and oxygen atoms in total. The molecule has 3 rings (SSSR count). The van der Waals surface area contributed by atoms with Gasteiger partial charge >= 0.3 is 0 Å². The molecule has 0 radical (unpaired) electrons. The van der Waals surface area contributed by atoms with Crippen LogP contribution in [0.5, 0.6) is 0 Å². The van der Waals surface area contributed by atoms with Crippen molar-refractivity contribution >= 4 is 11.8 Å². The number of benzene rings is 1. The lowest BCUT2D eigenvalue weighted by Crippen LogP contribution is -2.71. The molecule has 142 valence electrons. The fourth-order valence-electron chi connectivity index (χ4n) is 4.26. The second-order valence-corrected chi connectivity index (χ2v) is 9.21. The Morgan fingerprint density at radius 2 is 1.62 bits per heavy atom. The van der Waals surface area contributed by atoms with E-state index in [1.54, 1.807) is 0 Å². The molecule has 1 aromatic carbocycles. The second-order valence-electron chi connectivity index (χ2n) is 9.21. The van der Waals surface area contributed by atoms with Gasteiger partial charge in [-0.05, 0) is 26.0 Å². The molecule has 0 aliphatic carbocycles. The van der Waals surface area contributed by atoms with Crippen LogP contribution in [0.15, 0.2) is 30.3 Å². The van der Waals surface area contributed by atoms with E-state index in [4.69, 9.17) is 0 Å². The molecule has 2 aliphatic rings. The maximum absolute atomic E-state index is 13.0. The average molecular weight is 357 g/mol. The highest BCUT2D eigenvalue weighted by Gasteiger charge is 2.45. The maximum atomic E-state index is 13.0. The van der Waals surface area contributed by atoms with Crippen molar-refractivity contribution in [3.8, 4) is 0 Å². The van der Waals surface area contributed by atoms with Gasteiger partial charge in [0.05, 0.1) is 0 Å². The van der Waals surface area contributed by atoms with Crippen molar-refractivity contribution in [2.24, 2.45) is 5.41 Å². The number of piperazine rings is 2. The lowest BCUT2D eigenvalue weighted by molar-refractivity contribution is -0.146. The third kappa shape index (κ3) is 3.63. The summed E-state index contributed by atoms with van der Waals surface area (Å²) < 4.78 is 0. The summed E-state index contributed by atoms with van der Waals surface area (Å²) in [6.45, 7) is 14.0. The van der Waals surface area contributed by atoms with Gasteiger partial charge in [0.2, 0.25) is 5.91 Å². The summed E-state index contributed by atoms with van der Waals surface area (Å²) in [7, 11) is 0. The Bertz CT molecular complexity index is 678. The zero-order valence-electron chi connectivity index (χ0n) is 16.7. The van der Waals surface area contributed by atoms with E-state index in [-0.39, 0.29) is 28.8 Å². The van der Waals surface area contributed by atoms with Crippen molar-refractivity contribution in [2.75, 3.05) is 32.7 Å². The van der Waals surface area contributed by atoms with Crippen molar-refractivity contribution in [2.45, 2.75) is 46.2 Å². The van der Waals surface area contributed by atoms with Crippen LogP contribution in [0, 0.1) is 5.41 Å². The molecular weight excluding hydrogens is 326 g/mol. The van der Waals surface area contributed by atoms with E-state index < -0.39 is 0 Å². The molecule has 26 heavy (non-hydrogen) atoms. The smallest absolute Gasteiger partial charge is 0.253 e. The number of amides is 2. The Morgan fingerprint density at radius 1 is 1.00 bits per heavy atom. The molecule has 2 fully saturated rings. The first-order valence-corrected chi connectivity index (χ1v) is 9.50. The Morgan fingerprint density at radius 3 is 2.23 bits per heavy atom. The molecule has 0 bridgehead atoms. The maximum Gasteiger partial charge on any atom is 0.253 e. The van der Waals surface area contributed by atoms with Crippen LogP contribution in [0.2, 0.25) is 0 Å². The van der Waals surface area contributed by atoms with Gasteiger partial charge in [0.1, 0.15) is 0 Å². The van der Waals surface area contributed by atoms with Crippen LogP contribution in [0.4, 0.5) is 0 Å². The molecule has 1 unspecified atom stereocenters. The number of hydrogen-bond acceptors (Lipinski definition) is 3. The number of fused-ring (bicyclic) bond motifs is 1. The summed E-state index contributed by atoms with van der Waals surface area (Å²) >= 11 is 0. The fourth-order valence-corrected chi connectivity index (χ4v) is 4.26. The van der Waals surface area contributed by atoms with Crippen molar-refractivity contribution in [1.82, 2.24) is 14.7 Å². The van der Waals surface area contributed by atoms with Gasteiger partial charge in [-0.25, -0.2) is 0 Å². The number of carbonyl (C=O) groups excluding carboxylic acids is 2. The molecular formula is C21H31N3O2. The highest BCUT2D eigenvalue weighted by atomic mass is 16.2. The summed E-state index contributed by atoms with van der Waals surface area (Å²) in [5, 5.41) is 0. The molecule has 0 N–H and O–H groups in total. The highest BCUT2D eigenvalue weighted by molar-refractivity contribution is 5.94. The van der Waals surface area contributed by atoms with Crippen LogP contribution in [0.25, 0.3) is 0 Å². The SMILES string of the molecule is CC(C)(C)C(=O)N1CCN2C(CN(C(=O)c3ccccc3)CC2(C)C)C1. The average Bonchev–Trinajstić information content (AvgIpc) is 2.59. The van der Waals surface area contributed by atoms with Crippen molar-refractivity contribution in [3.63, 3.8) is 0 Å². The molecule has 0 spiro atoms. The third-order valence-corrected chi connectivity index (χ3v) is 5.51. The first-order chi connectivity index (χ1) is 12.1. The Kier molecular flexibility index (Phi) is 4.86. The zero-order valence-corrected chi connectivity index (χ0v) is 16.7. The monoisotopic (exact) mass is 357 g/mol. The Hall–Kier alpha value is -1.88. The number of nitrogens with zero attached hydrogens (tertiary/aromatic N) is 3. The van der Waals surface area contributed by atoms with Gasteiger partial charge in [0, 0.05) is 55.3 Å². The number of rotatable bonds is 1. The molecule has 1 atom stereocenters. The van der Waals surface area contributed by atoms with Crippen LogP contribution in [0.1, 0.15) is 45.0 Å². The van der Waals surface area contributed by atoms with E-state index in [1.807, 2.05) is 60.9 Å². The normalized spacial score (nSPS) is 23.5. The van der Waals surface area contributed by atoms with E-state index in [1.165, 1.54) is 0 Å². The van der Waals surface area contributed by atoms with Crippen molar-refractivity contribution in [1.29, 1.82) is 0 Å². The molecule has 2 heterocycles. The molecule has 2 amide bonds. The van der Waals surface area contributed by atoms with Gasteiger partial charge < -0.3 is 9.80 Å². The highest BCUT2D eigenvalue weighted by Crippen LogP contribution is 2.30. The molecule has 0 saturated carbocycles. The van der Waals surface area contributed by atoms with Gasteiger partial charge in [-0.1, -0.05) is 39.0 Å². The third-order valence-electron chi connectivity index (χ3n) is 5.51. The van der Waals surface area contributed by atoms with Crippen LogP contribution in [0.3, 0.4) is 0 Å². The predicted octanol–water partition coefficient (Wildman–Crippen LogP) is 2.48. The summed E-state index contributed by atoms with van der Waals surface area (Å²) in [6.07, 6.45) is 0. The number of carbonyl (C=O) groups is 2. The first-order valence-electron chi connectivity index (χ1n) is 9.50. The van der Waals surface area contributed by atoms with Gasteiger partial charge in [-0.15, -0.1) is 0 Å². The molecule has 2 saturated heterocycles. The minimum atomic E-state index is -0.369. The lowest BCUT2D eigenvalue weighted by atomic mass is 9.90. The van der Waals surface area contributed by atoms with E-state index in [9.17, 15) is 9.59 Å². The molecule has 5 heteroatoms. The zero-order chi connectivity index (χ0) is 19.1. The molecule has 0 aromatic heterocycles. The standard InChI is InChI=1S/C21H31N3O2/c1-20(2,3)19(26)22-11-12-24-17(13-22)14-23(15-21(24,4)5)18(25)16-9-7-6-8-10-16/h6-10,17H,11-15H2,1-5H3. The van der Waals surface area contributed by atoms with Gasteiger partial charge in [-0.2, -0.15) is 0 Å². The Labute approximate surface area is 156 Å². The topological polar surface area (TPSA) is 43.9 Å². The van der Waals surface area contributed by atoms with Crippen molar-refractivity contribution in [3.05, 3.63) is 35.9 Å². The van der Waals surface area contributed by atoms with E-state index >= 15 is 0 Å². The van der Waals surface area contributed by atoms with Gasteiger partial charge in [-0.3, -0.25) is 14.5 Å². The fraction of sp³-hybridized carbons (Fsp3) is 0.619. The quantitative estimate of drug-likeness (QED) is 0.776. The lowest BCUT2D eigenvalue weighted by Gasteiger charge is -2.55. The van der Waals surface area contributed by atoms with Gasteiger partial charge in [0.25, 0.3) is 5.91 Å². The van der Waals surface area contributed by atoms with Crippen LogP contribution < -0.4 is 0 Å². The predicted molar refractivity (Wildman–Crippen MR) is 103 cm³/mol. The molecule has 2 aliphatic heterocycles. The second kappa shape index (κ2) is 6.69. The number of hydrogen-bond donors (Lipinski definition) is 0. The van der Waals surface area contributed by atoms with E-state index in [2.05, 4.69) is 18.7 Å². The summed E-state index contributed by atoms with van der Waals surface area (Å²) in [4.78, 5) is 32.1. The minimum absolute atomic E-state index is 0.0811. The van der Waals surface area contributed by atoms with Crippen molar-refractivity contribution < 1.29 is 9.59 Å².